The predicted molar refractivity (Wildman–Crippen MR) is 74.1 cm³/mol. The molecule has 1 aromatic carbocycles. The molecule has 0 aliphatic rings. The van der Waals surface area contributed by atoms with E-state index in [1.807, 2.05) is 25.1 Å². The van der Waals surface area contributed by atoms with Crippen molar-refractivity contribution in [1.82, 2.24) is 15.0 Å². The fraction of sp³-hybridized carbons (Fsp3) is 0.167. The Bertz CT molecular complexity index is 685. The number of nitrogens with two attached hydrogens (primary N) is 1. The lowest BCUT2D eigenvalue weighted by Crippen LogP contribution is -1.91. The predicted octanol–water partition coefficient (Wildman–Crippen LogP) is 2.53. The molecule has 0 saturated heterocycles. The Morgan fingerprint density at radius 3 is 3.11 bits per heavy atom. The third-order valence-electron chi connectivity index (χ3n) is 2.61. The summed E-state index contributed by atoms with van der Waals surface area (Å²) in [7, 11) is 0. The second kappa shape index (κ2) is 4.40. The van der Waals surface area contributed by atoms with Crippen molar-refractivity contribution < 1.29 is 0 Å². The number of rotatable bonds is 3. The molecule has 0 bridgehead atoms. The number of aromatic nitrogens is 3. The first kappa shape index (κ1) is 11.2. The first-order valence-corrected chi connectivity index (χ1v) is 6.44. The van der Waals surface area contributed by atoms with Crippen LogP contribution in [-0.4, -0.2) is 15.0 Å². The van der Waals surface area contributed by atoms with E-state index in [0.29, 0.717) is 6.54 Å². The van der Waals surface area contributed by atoms with Gasteiger partial charge in [-0.3, -0.25) is 0 Å². The molecule has 3 aromatic rings. The first-order chi connectivity index (χ1) is 8.74. The van der Waals surface area contributed by atoms with Gasteiger partial charge in [0.1, 0.15) is 5.82 Å². The zero-order chi connectivity index (χ0) is 12.5. The van der Waals surface area contributed by atoms with Crippen LogP contribution in [0.3, 0.4) is 0 Å². The normalized spacial score (nSPS) is 11.0. The van der Waals surface area contributed by atoms with Crippen LogP contribution in [0.2, 0.25) is 0 Å². The lowest BCUT2D eigenvalue weighted by Gasteiger charge is -2.01. The van der Waals surface area contributed by atoms with Crippen molar-refractivity contribution in [3.8, 4) is 0 Å². The third-order valence-corrected chi connectivity index (χ3v) is 3.54. The number of hydrogen-bond donors (Lipinski definition) is 3. The summed E-state index contributed by atoms with van der Waals surface area (Å²) in [6.07, 6.45) is 1.80. The van der Waals surface area contributed by atoms with Crippen molar-refractivity contribution in [2.45, 2.75) is 13.5 Å². The summed E-state index contributed by atoms with van der Waals surface area (Å²) in [6.45, 7) is 2.47. The third kappa shape index (κ3) is 2.07. The Kier molecular flexibility index (Phi) is 2.73. The zero-order valence-corrected chi connectivity index (χ0v) is 10.7. The molecule has 0 aliphatic carbocycles. The van der Waals surface area contributed by atoms with E-state index in [1.165, 1.54) is 0 Å². The molecule has 2 heterocycles. The standard InChI is InChI=1S/C12H13N5S/c1-7-15-10-3-2-8(4-11(10)16-7)17-12-14-6-9(5-13)18-12/h2-4,6H,5,13H2,1H3,(H,14,17)(H,15,16). The van der Waals surface area contributed by atoms with E-state index in [-0.39, 0.29) is 0 Å². The van der Waals surface area contributed by atoms with Crippen molar-refractivity contribution in [2.24, 2.45) is 5.73 Å². The van der Waals surface area contributed by atoms with Gasteiger partial charge in [-0.25, -0.2) is 9.97 Å². The van der Waals surface area contributed by atoms with E-state index in [0.717, 1.165) is 32.6 Å². The minimum Gasteiger partial charge on any atom is -0.342 e. The van der Waals surface area contributed by atoms with Crippen molar-refractivity contribution in [3.63, 3.8) is 0 Å². The molecule has 0 saturated carbocycles. The van der Waals surface area contributed by atoms with Gasteiger partial charge in [0.25, 0.3) is 0 Å². The van der Waals surface area contributed by atoms with Gasteiger partial charge < -0.3 is 16.0 Å². The van der Waals surface area contributed by atoms with Crippen molar-refractivity contribution in [3.05, 3.63) is 35.1 Å². The average molecular weight is 259 g/mol. The number of imidazole rings is 1. The monoisotopic (exact) mass is 259 g/mol. The van der Waals surface area contributed by atoms with Gasteiger partial charge in [-0.1, -0.05) is 0 Å². The Morgan fingerprint density at radius 2 is 2.33 bits per heavy atom. The minimum absolute atomic E-state index is 0.526. The molecule has 3 rings (SSSR count). The van der Waals surface area contributed by atoms with Crippen LogP contribution in [0, 0.1) is 6.92 Å². The molecule has 0 amide bonds. The number of H-pyrrole nitrogens is 1. The number of aryl methyl sites for hydroxylation is 1. The summed E-state index contributed by atoms with van der Waals surface area (Å²) in [4.78, 5) is 12.9. The van der Waals surface area contributed by atoms with Crippen LogP contribution in [0.25, 0.3) is 11.0 Å². The largest absolute Gasteiger partial charge is 0.342 e. The summed E-state index contributed by atoms with van der Waals surface area (Å²) in [5, 5.41) is 4.12. The first-order valence-electron chi connectivity index (χ1n) is 5.63. The molecule has 0 unspecified atom stereocenters. The minimum atomic E-state index is 0.526. The summed E-state index contributed by atoms with van der Waals surface area (Å²) in [5.41, 5.74) is 8.55. The van der Waals surface area contributed by atoms with Gasteiger partial charge in [-0.2, -0.15) is 0 Å². The maximum atomic E-state index is 5.56. The van der Waals surface area contributed by atoms with Gasteiger partial charge in [-0.05, 0) is 25.1 Å². The Morgan fingerprint density at radius 1 is 1.44 bits per heavy atom. The molecule has 0 fully saturated rings. The van der Waals surface area contributed by atoms with Crippen LogP contribution in [-0.2, 0) is 6.54 Å². The van der Waals surface area contributed by atoms with Crippen LogP contribution in [0.1, 0.15) is 10.7 Å². The summed E-state index contributed by atoms with van der Waals surface area (Å²) < 4.78 is 0. The highest BCUT2D eigenvalue weighted by Crippen LogP contribution is 2.24. The second-order valence-corrected chi connectivity index (χ2v) is 5.13. The van der Waals surface area contributed by atoms with E-state index in [9.17, 15) is 0 Å². The number of nitrogens with one attached hydrogen (secondary N) is 2. The van der Waals surface area contributed by atoms with Gasteiger partial charge >= 0.3 is 0 Å². The number of benzene rings is 1. The van der Waals surface area contributed by atoms with Crippen molar-refractivity contribution >= 4 is 33.2 Å². The number of fused-ring (bicyclic) bond motifs is 1. The van der Waals surface area contributed by atoms with Crippen molar-refractivity contribution in [1.29, 1.82) is 0 Å². The van der Waals surface area contributed by atoms with Gasteiger partial charge in [0.15, 0.2) is 5.13 Å². The van der Waals surface area contributed by atoms with Crippen LogP contribution >= 0.6 is 11.3 Å². The molecule has 6 heteroatoms. The molecule has 5 nitrogen and oxygen atoms in total. The molecule has 92 valence electrons. The van der Waals surface area contributed by atoms with E-state index in [1.54, 1.807) is 17.5 Å². The Hall–Kier alpha value is -1.92. The van der Waals surface area contributed by atoms with Gasteiger partial charge in [-0.15, -0.1) is 11.3 Å². The number of thiazole rings is 1. The highest BCUT2D eigenvalue weighted by Gasteiger charge is 2.03. The van der Waals surface area contributed by atoms with Gasteiger partial charge in [0, 0.05) is 23.3 Å². The lowest BCUT2D eigenvalue weighted by molar-refractivity contribution is 1.10. The molecule has 0 atom stereocenters. The fourth-order valence-electron chi connectivity index (χ4n) is 1.80. The topological polar surface area (TPSA) is 79.6 Å². The number of hydrogen-bond acceptors (Lipinski definition) is 5. The Balaban J connectivity index is 1.89. The highest BCUT2D eigenvalue weighted by atomic mass is 32.1. The van der Waals surface area contributed by atoms with Gasteiger partial charge in [0.2, 0.25) is 0 Å². The highest BCUT2D eigenvalue weighted by molar-refractivity contribution is 7.15. The average Bonchev–Trinajstić information content (AvgIpc) is 2.94. The van der Waals surface area contributed by atoms with E-state index in [4.69, 9.17) is 5.73 Å². The number of nitrogens with zero attached hydrogens (tertiary/aromatic N) is 2. The molecule has 0 spiro atoms. The Labute approximate surface area is 108 Å². The van der Waals surface area contributed by atoms with Crippen molar-refractivity contribution in [2.75, 3.05) is 5.32 Å². The summed E-state index contributed by atoms with van der Waals surface area (Å²) >= 11 is 1.57. The maximum Gasteiger partial charge on any atom is 0.187 e. The smallest absolute Gasteiger partial charge is 0.187 e. The van der Waals surface area contributed by atoms with Crippen LogP contribution in [0.5, 0.6) is 0 Å². The lowest BCUT2D eigenvalue weighted by atomic mass is 10.3. The van der Waals surface area contributed by atoms with E-state index < -0.39 is 0 Å². The number of anilines is 2. The molecule has 0 aliphatic heterocycles. The maximum absolute atomic E-state index is 5.56. The molecular weight excluding hydrogens is 246 g/mol. The zero-order valence-electron chi connectivity index (χ0n) is 9.90. The molecular formula is C12H13N5S. The van der Waals surface area contributed by atoms with E-state index in [2.05, 4.69) is 20.3 Å². The molecule has 4 N–H and O–H groups in total. The second-order valence-electron chi connectivity index (χ2n) is 4.01. The molecule has 0 radical (unpaired) electrons. The molecule has 2 aromatic heterocycles. The van der Waals surface area contributed by atoms with Crippen LogP contribution in [0.4, 0.5) is 10.8 Å². The molecule has 18 heavy (non-hydrogen) atoms. The van der Waals surface area contributed by atoms with Crippen LogP contribution < -0.4 is 11.1 Å². The van der Waals surface area contributed by atoms with Gasteiger partial charge in [0.05, 0.1) is 11.0 Å². The number of aromatic amines is 1. The SMILES string of the molecule is Cc1nc2ccc(Nc3ncc(CN)s3)cc2[nH]1. The summed E-state index contributed by atoms with van der Waals surface area (Å²) in [6, 6.07) is 6.00. The quantitative estimate of drug-likeness (QED) is 0.675. The summed E-state index contributed by atoms with van der Waals surface area (Å²) in [5.74, 6) is 0.918. The fourth-order valence-corrected chi connectivity index (χ4v) is 2.51. The van der Waals surface area contributed by atoms with E-state index >= 15 is 0 Å². The van der Waals surface area contributed by atoms with Crippen LogP contribution in [0.15, 0.2) is 24.4 Å².